The van der Waals surface area contributed by atoms with Crippen molar-refractivity contribution in [3.63, 3.8) is 0 Å². The summed E-state index contributed by atoms with van der Waals surface area (Å²) in [6.45, 7) is 3.91. The van der Waals surface area contributed by atoms with Crippen molar-refractivity contribution < 1.29 is 22.0 Å². The molecule has 2 nitrogen and oxygen atoms in total. The maximum Gasteiger partial charge on any atom is 0.417 e. The Balaban J connectivity index is 1.62. The lowest BCUT2D eigenvalue weighted by Crippen LogP contribution is -2.12. The summed E-state index contributed by atoms with van der Waals surface area (Å²) in [6.07, 6.45) is -4.84. The van der Waals surface area contributed by atoms with Gasteiger partial charge in [-0.25, -0.2) is 8.78 Å². The normalized spacial score (nSPS) is 12.2. The molecule has 0 bridgehead atoms. The number of halogens is 5. The van der Waals surface area contributed by atoms with Gasteiger partial charge >= 0.3 is 6.18 Å². The van der Waals surface area contributed by atoms with Crippen molar-refractivity contribution in [1.29, 1.82) is 0 Å². The van der Waals surface area contributed by atoms with E-state index in [1.807, 2.05) is 108 Å². The Morgan fingerprint density at radius 2 is 0.935 bits per heavy atom. The van der Waals surface area contributed by atoms with Crippen LogP contribution in [-0.4, -0.2) is 9.13 Å². The summed E-state index contributed by atoms with van der Waals surface area (Å²) in [5, 5.41) is 3.66. The molecule has 226 valence electrons. The standard InChI is InChI=1S/C39H25F5N2/c1-22-11-13-29-27-7-3-5-9-33(27)45(35(29)15-22)37-20-31(24-17-25(40)19-26(41)18-24)32(39(42,43)44)21-38(37)46-34-10-6-4-8-28(34)30-14-12-23(2)16-36(30)46/h3-21H,1-2H3. The van der Waals surface area contributed by atoms with E-state index < -0.39 is 23.4 Å². The molecular formula is C39H25F5N2. The highest BCUT2D eigenvalue weighted by atomic mass is 19.4. The monoisotopic (exact) mass is 616 g/mol. The van der Waals surface area contributed by atoms with Gasteiger partial charge in [0.15, 0.2) is 0 Å². The highest BCUT2D eigenvalue weighted by molar-refractivity contribution is 6.12. The lowest BCUT2D eigenvalue weighted by Gasteiger charge is -2.22. The molecule has 0 unspecified atom stereocenters. The van der Waals surface area contributed by atoms with Crippen molar-refractivity contribution in [2.45, 2.75) is 20.0 Å². The average Bonchev–Trinajstić information content (AvgIpc) is 3.51. The van der Waals surface area contributed by atoms with Crippen molar-refractivity contribution >= 4 is 43.6 Å². The lowest BCUT2D eigenvalue weighted by atomic mass is 9.96. The zero-order chi connectivity index (χ0) is 31.9. The first-order valence-corrected chi connectivity index (χ1v) is 14.8. The van der Waals surface area contributed by atoms with Crippen molar-refractivity contribution in [3.8, 4) is 22.5 Å². The molecule has 2 aromatic heterocycles. The number of nitrogens with zero attached hydrogens (tertiary/aromatic N) is 2. The van der Waals surface area contributed by atoms with E-state index in [-0.39, 0.29) is 16.8 Å². The molecular weight excluding hydrogens is 591 g/mol. The van der Waals surface area contributed by atoms with Crippen LogP contribution in [0.5, 0.6) is 0 Å². The van der Waals surface area contributed by atoms with E-state index in [2.05, 4.69) is 0 Å². The van der Waals surface area contributed by atoms with E-state index in [0.29, 0.717) is 11.8 Å². The highest BCUT2D eigenvalue weighted by Crippen LogP contribution is 2.45. The second kappa shape index (κ2) is 10.0. The summed E-state index contributed by atoms with van der Waals surface area (Å²) in [5.74, 6) is -1.92. The van der Waals surface area contributed by atoms with Gasteiger partial charge in [-0.3, -0.25) is 0 Å². The molecule has 8 aromatic rings. The van der Waals surface area contributed by atoms with Crippen LogP contribution in [0.25, 0.3) is 66.1 Å². The van der Waals surface area contributed by atoms with Gasteiger partial charge in [0.05, 0.1) is 39.0 Å². The van der Waals surface area contributed by atoms with Crippen LogP contribution < -0.4 is 0 Å². The number of rotatable bonds is 3. The Morgan fingerprint density at radius 3 is 1.43 bits per heavy atom. The van der Waals surface area contributed by atoms with Gasteiger partial charge in [-0.15, -0.1) is 0 Å². The molecule has 0 atom stereocenters. The van der Waals surface area contributed by atoms with E-state index in [4.69, 9.17) is 0 Å². The second-order valence-corrected chi connectivity index (χ2v) is 11.8. The Hall–Kier alpha value is -5.43. The number of fused-ring (bicyclic) bond motifs is 6. The fraction of sp³-hybridized carbons (Fsp3) is 0.0769. The van der Waals surface area contributed by atoms with Gasteiger partial charge in [-0.2, -0.15) is 13.2 Å². The van der Waals surface area contributed by atoms with Gasteiger partial charge in [0, 0.05) is 27.6 Å². The number of aromatic nitrogens is 2. The van der Waals surface area contributed by atoms with Crippen LogP contribution in [0.4, 0.5) is 22.0 Å². The minimum absolute atomic E-state index is 0.201. The Bertz CT molecular complexity index is 2500. The lowest BCUT2D eigenvalue weighted by molar-refractivity contribution is -0.137. The molecule has 0 fully saturated rings. The van der Waals surface area contributed by atoms with Crippen LogP contribution in [0.2, 0.25) is 0 Å². The quantitative estimate of drug-likeness (QED) is 0.175. The third-order valence-corrected chi connectivity index (χ3v) is 8.73. The van der Waals surface area contributed by atoms with E-state index in [9.17, 15) is 8.78 Å². The fourth-order valence-electron chi connectivity index (χ4n) is 6.80. The maximum atomic E-state index is 15.1. The average molecular weight is 617 g/mol. The summed E-state index contributed by atoms with van der Waals surface area (Å²) in [4.78, 5) is 0. The van der Waals surface area contributed by atoms with Crippen molar-refractivity contribution in [2.75, 3.05) is 0 Å². The largest absolute Gasteiger partial charge is 0.417 e. The molecule has 2 heterocycles. The number of para-hydroxylation sites is 2. The minimum atomic E-state index is -4.84. The molecule has 0 aliphatic carbocycles. The third kappa shape index (κ3) is 4.30. The molecule has 7 heteroatoms. The predicted molar refractivity (Wildman–Crippen MR) is 175 cm³/mol. The topological polar surface area (TPSA) is 9.86 Å². The summed E-state index contributed by atoms with van der Waals surface area (Å²) in [5.41, 5.74) is 4.21. The summed E-state index contributed by atoms with van der Waals surface area (Å²) >= 11 is 0. The van der Waals surface area contributed by atoms with Crippen LogP contribution in [-0.2, 0) is 6.18 Å². The maximum absolute atomic E-state index is 15.1. The van der Waals surface area contributed by atoms with E-state index >= 15 is 13.2 Å². The SMILES string of the molecule is Cc1ccc2c3ccccc3n(-c3cc(-c4cc(F)cc(F)c4)c(C(F)(F)F)cc3-n3c4ccccc4c4ccc(C)cc43)c2c1. The minimum Gasteiger partial charge on any atom is -0.307 e. The molecule has 8 rings (SSSR count). The van der Waals surface area contributed by atoms with E-state index in [0.717, 1.165) is 72.9 Å². The highest BCUT2D eigenvalue weighted by Gasteiger charge is 2.36. The molecule has 0 spiro atoms. The van der Waals surface area contributed by atoms with Crippen LogP contribution in [0.15, 0.2) is 115 Å². The Morgan fingerprint density at radius 1 is 0.478 bits per heavy atom. The predicted octanol–water partition coefficient (Wildman–Crippen LogP) is 11.5. The second-order valence-electron chi connectivity index (χ2n) is 11.8. The smallest absolute Gasteiger partial charge is 0.307 e. The van der Waals surface area contributed by atoms with Gasteiger partial charge in [0.25, 0.3) is 0 Å². The molecule has 0 amide bonds. The van der Waals surface area contributed by atoms with Crippen LogP contribution >= 0.6 is 0 Å². The molecule has 0 radical (unpaired) electrons. The first-order chi connectivity index (χ1) is 22.1. The molecule has 0 saturated carbocycles. The summed E-state index contributed by atoms with van der Waals surface area (Å²) in [6, 6.07) is 32.4. The number of aryl methyl sites for hydroxylation is 2. The van der Waals surface area contributed by atoms with Crippen molar-refractivity contribution in [1.82, 2.24) is 9.13 Å². The van der Waals surface area contributed by atoms with E-state index in [1.54, 1.807) is 0 Å². The zero-order valence-electron chi connectivity index (χ0n) is 24.8. The first-order valence-electron chi connectivity index (χ1n) is 14.8. The number of alkyl halides is 3. The molecule has 0 aliphatic rings. The molecule has 6 aromatic carbocycles. The van der Waals surface area contributed by atoms with Gasteiger partial charge in [0.1, 0.15) is 11.6 Å². The number of hydrogen-bond donors (Lipinski definition) is 0. The fourth-order valence-corrected chi connectivity index (χ4v) is 6.80. The number of hydrogen-bond acceptors (Lipinski definition) is 0. The summed E-state index contributed by atoms with van der Waals surface area (Å²) in [7, 11) is 0. The van der Waals surface area contributed by atoms with Gasteiger partial charge in [0.2, 0.25) is 0 Å². The van der Waals surface area contributed by atoms with Crippen LogP contribution in [0, 0.1) is 25.5 Å². The van der Waals surface area contributed by atoms with Gasteiger partial charge in [-0.1, -0.05) is 60.7 Å². The van der Waals surface area contributed by atoms with Crippen molar-refractivity contribution in [3.05, 3.63) is 144 Å². The summed E-state index contributed by atoms with van der Waals surface area (Å²) < 4.78 is 78.1. The van der Waals surface area contributed by atoms with Crippen LogP contribution in [0.1, 0.15) is 16.7 Å². The molecule has 0 N–H and O–H groups in total. The molecule has 46 heavy (non-hydrogen) atoms. The third-order valence-electron chi connectivity index (χ3n) is 8.73. The van der Waals surface area contributed by atoms with Crippen LogP contribution in [0.3, 0.4) is 0 Å². The van der Waals surface area contributed by atoms with E-state index in [1.165, 1.54) is 6.07 Å². The number of benzene rings is 6. The van der Waals surface area contributed by atoms with Gasteiger partial charge in [-0.05, 0) is 84.6 Å². The molecule has 0 saturated heterocycles. The van der Waals surface area contributed by atoms with Crippen molar-refractivity contribution in [2.24, 2.45) is 0 Å². The first kappa shape index (κ1) is 28.1. The van der Waals surface area contributed by atoms with Gasteiger partial charge < -0.3 is 9.13 Å². The Kier molecular flexibility index (Phi) is 6.13. The molecule has 0 aliphatic heterocycles. The Labute approximate surface area is 260 Å². The zero-order valence-corrected chi connectivity index (χ0v) is 24.8.